The van der Waals surface area contributed by atoms with Gasteiger partial charge in [-0.3, -0.25) is 14.4 Å². The maximum atomic E-state index is 12.9. The van der Waals surface area contributed by atoms with Crippen LogP contribution in [0.25, 0.3) is 21.3 Å². The van der Waals surface area contributed by atoms with Crippen molar-refractivity contribution < 1.29 is 14.7 Å². The number of hydrogen-bond donors (Lipinski definition) is 3. The number of amides is 1. The van der Waals surface area contributed by atoms with Crippen LogP contribution in [-0.4, -0.2) is 32.5 Å². The molecule has 0 radical (unpaired) electrons. The fraction of sp³-hybridized carbons (Fsp3) is 0.167. The van der Waals surface area contributed by atoms with Crippen molar-refractivity contribution in [1.29, 1.82) is 0 Å². The third kappa shape index (κ3) is 4.84. The number of benzene rings is 2. The number of fused-ring (bicyclic) bond motifs is 1. The number of phenolic OH excluding ortho intramolecular Hbond substituents is 1. The summed E-state index contributed by atoms with van der Waals surface area (Å²) in [5.41, 5.74) is 3.23. The van der Waals surface area contributed by atoms with Gasteiger partial charge in [-0.05, 0) is 42.7 Å². The molecule has 1 unspecified atom stereocenters. The quantitative estimate of drug-likeness (QED) is 0.151. The van der Waals surface area contributed by atoms with Gasteiger partial charge in [0.15, 0.2) is 5.16 Å². The third-order valence-electron chi connectivity index (χ3n) is 5.17. The number of nitrogens with one attached hydrogen (secondary N) is 2. The van der Waals surface area contributed by atoms with Crippen molar-refractivity contribution in [3.05, 3.63) is 69.3 Å². The smallest absolute Gasteiger partial charge is 0.260 e. The molecule has 2 aromatic heterocycles. The number of aldehydes is 1. The molecule has 0 fully saturated rings. The van der Waals surface area contributed by atoms with E-state index in [9.17, 15) is 19.5 Å². The lowest BCUT2D eigenvalue weighted by atomic mass is 10.0. The molecule has 4 aromatic rings. The van der Waals surface area contributed by atoms with Crippen molar-refractivity contribution >= 4 is 51.2 Å². The zero-order chi connectivity index (χ0) is 23.5. The molecule has 1 amide bonds. The molecule has 0 saturated heterocycles. The number of aryl methyl sites for hydroxylation is 1. The number of H-pyrrole nitrogens is 1. The summed E-state index contributed by atoms with van der Waals surface area (Å²) in [5.74, 6) is -0.541. The van der Waals surface area contributed by atoms with Gasteiger partial charge in [-0.25, -0.2) is 4.98 Å². The topological polar surface area (TPSA) is 112 Å². The standard InChI is InChI=1S/C24H21N3O4S2/c1-3-14-4-7-16(8-5-14)17-12-32-23-20(17)22(31)26-24(27-23)33-13(2)21(30)25-18-10-15(11-28)6-9-19(18)29/h4-13,29H,3H2,1-2H3,(H,25,30)(H,26,27,31). The summed E-state index contributed by atoms with van der Waals surface area (Å²) < 4.78 is 0. The van der Waals surface area contributed by atoms with Gasteiger partial charge < -0.3 is 15.4 Å². The zero-order valence-corrected chi connectivity index (χ0v) is 19.5. The van der Waals surface area contributed by atoms with Crippen LogP contribution in [0.3, 0.4) is 0 Å². The zero-order valence-electron chi connectivity index (χ0n) is 17.9. The molecule has 0 spiro atoms. The molecular weight excluding hydrogens is 458 g/mol. The lowest BCUT2D eigenvalue weighted by Gasteiger charge is -2.12. The molecule has 4 rings (SSSR count). The van der Waals surface area contributed by atoms with Crippen molar-refractivity contribution in [2.24, 2.45) is 0 Å². The summed E-state index contributed by atoms with van der Waals surface area (Å²) in [7, 11) is 0. The highest BCUT2D eigenvalue weighted by molar-refractivity contribution is 8.00. The summed E-state index contributed by atoms with van der Waals surface area (Å²) in [6.45, 7) is 3.76. The van der Waals surface area contributed by atoms with Gasteiger partial charge in [0.05, 0.1) is 16.3 Å². The van der Waals surface area contributed by atoms with Crippen LogP contribution in [-0.2, 0) is 11.2 Å². The number of thiophene rings is 1. The molecule has 0 bridgehead atoms. The first-order valence-electron chi connectivity index (χ1n) is 10.3. The molecule has 1 atom stereocenters. The van der Waals surface area contributed by atoms with Crippen molar-refractivity contribution in [3.63, 3.8) is 0 Å². The first-order chi connectivity index (χ1) is 15.9. The van der Waals surface area contributed by atoms with E-state index in [1.165, 1.54) is 35.1 Å². The predicted octanol–water partition coefficient (Wildman–Crippen LogP) is 4.85. The Balaban J connectivity index is 1.55. The molecule has 168 valence electrons. The number of phenols is 1. The number of thioether (sulfide) groups is 1. The van der Waals surface area contributed by atoms with Gasteiger partial charge in [-0.2, -0.15) is 0 Å². The average molecular weight is 480 g/mol. The van der Waals surface area contributed by atoms with E-state index in [4.69, 9.17) is 0 Å². The minimum atomic E-state index is -0.620. The normalized spacial score (nSPS) is 11.9. The first-order valence-corrected chi connectivity index (χ1v) is 12.0. The van der Waals surface area contributed by atoms with E-state index in [1.807, 2.05) is 29.6 Å². The maximum absolute atomic E-state index is 12.9. The van der Waals surface area contributed by atoms with Gasteiger partial charge >= 0.3 is 0 Å². The second-order valence-corrected chi connectivity index (χ2v) is 9.58. The van der Waals surface area contributed by atoms with E-state index < -0.39 is 11.2 Å². The molecule has 0 aliphatic heterocycles. The largest absolute Gasteiger partial charge is 0.506 e. The van der Waals surface area contributed by atoms with Crippen LogP contribution in [0, 0.1) is 0 Å². The Bertz CT molecular complexity index is 1390. The number of hydrogen-bond acceptors (Lipinski definition) is 7. The number of anilines is 1. The molecule has 0 aliphatic rings. The molecular formula is C24H21N3O4S2. The first kappa shape index (κ1) is 22.8. The summed E-state index contributed by atoms with van der Waals surface area (Å²) >= 11 is 2.48. The number of aromatic nitrogens is 2. The van der Waals surface area contributed by atoms with E-state index in [0.29, 0.717) is 27.2 Å². The van der Waals surface area contributed by atoms with E-state index in [0.717, 1.165) is 29.3 Å². The van der Waals surface area contributed by atoms with Crippen LogP contribution >= 0.6 is 23.1 Å². The van der Waals surface area contributed by atoms with Crippen LogP contribution < -0.4 is 10.9 Å². The highest BCUT2D eigenvalue weighted by atomic mass is 32.2. The number of carbonyl (C=O) groups excluding carboxylic acids is 2. The lowest BCUT2D eigenvalue weighted by Crippen LogP contribution is -2.23. The maximum Gasteiger partial charge on any atom is 0.260 e. The Morgan fingerprint density at radius 1 is 1.27 bits per heavy atom. The Morgan fingerprint density at radius 3 is 2.73 bits per heavy atom. The molecule has 7 nitrogen and oxygen atoms in total. The average Bonchev–Trinajstić information content (AvgIpc) is 3.25. The molecule has 0 aliphatic carbocycles. The van der Waals surface area contributed by atoms with Crippen LogP contribution in [0.15, 0.2) is 57.8 Å². The lowest BCUT2D eigenvalue weighted by molar-refractivity contribution is -0.115. The number of aromatic amines is 1. The number of rotatable bonds is 7. The second-order valence-electron chi connectivity index (χ2n) is 7.39. The van der Waals surface area contributed by atoms with Crippen LogP contribution in [0.4, 0.5) is 5.69 Å². The second kappa shape index (κ2) is 9.60. The number of nitrogens with zero attached hydrogens (tertiary/aromatic N) is 1. The molecule has 9 heteroatoms. The van der Waals surface area contributed by atoms with E-state index in [-0.39, 0.29) is 17.0 Å². The Morgan fingerprint density at radius 2 is 2.03 bits per heavy atom. The van der Waals surface area contributed by atoms with E-state index >= 15 is 0 Å². The fourth-order valence-electron chi connectivity index (χ4n) is 3.30. The minimum absolute atomic E-state index is 0.141. The van der Waals surface area contributed by atoms with Gasteiger partial charge in [0.2, 0.25) is 5.91 Å². The molecule has 2 heterocycles. The third-order valence-corrected chi connectivity index (χ3v) is 7.02. The highest BCUT2D eigenvalue weighted by Crippen LogP contribution is 2.32. The Kier molecular flexibility index (Phi) is 6.62. The fourth-order valence-corrected chi connectivity index (χ4v) is 5.10. The Labute approximate surface area is 197 Å². The van der Waals surface area contributed by atoms with E-state index in [2.05, 4.69) is 22.2 Å². The number of carbonyl (C=O) groups is 2. The minimum Gasteiger partial charge on any atom is -0.506 e. The van der Waals surface area contributed by atoms with Crippen molar-refractivity contribution in [3.8, 4) is 16.9 Å². The SMILES string of the molecule is CCc1ccc(-c2csc3nc(SC(C)C(=O)Nc4cc(C=O)ccc4O)[nH]c(=O)c23)cc1. The van der Waals surface area contributed by atoms with Gasteiger partial charge in [-0.1, -0.05) is 43.0 Å². The summed E-state index contributed by atoms with van der Waals surface area (Å²) in [5, 5.41) is 14.7. The molecule has 33 heavy (non-hydrogen) atoms. The molecule has 3 N–H and O–H groups in total. The summed E-state index contributed by atoms with van der Waals surface area (Å²) in [6, 6.07) is 12.3. The van der Waals surface area contributed by atoms with Crippen molar-refractivity contribution in [2.45, 2.75) is 30.7 Å². The van der Waals surface area contributed by atoms with E-state index in [1.54, 1.807) is 6.92 Å². The summed E-state index contributed by atoms with van der Waals surface area (Å²) in [4.78, 5) is 44.3. The summed E-state index contributed by atoms with van der Waals surface area (Å²) in [6.07, 6.45) is 1.58. The predicted molar refractivity (Wildman–Crippen MR) is 132 cm³/mol. The Hall–Kier alpha value is -3.43. The van der Waals surface area contributed by atoms with Crippen molar-refractivity contribution in [2.75, 3.05) is 5.32 Å². The van der Waals surface area contributed by atoms with Crippen LogP contribution in [0.2, 0.25) is 0 Å². The van der Waals surface area contributed by atoms with Crippen LogP contribution in [0.5, 0.6) is 5.75 Å². The monoisotopic (exact) mass is 479 g/mol. The van der Waals surface area contributed by atoms with Gasteiger partial charge in [0, 0.05) is 16.5 Å². The van der Waals surface area contributed by atoms with Crippen LogP contribution in [0.1, 0.15) is 29.8 Å². The molecule has 0 saturated carbocycles. The van der Waals surface area contributed by atoms with Crippen molar-refractivity contribution in [1.82, 2.24) is 9.97 Å². The van der Waals surface area contributed by atoms with Gasteiger partial charge in [0.1, 0.15) is 16.9 Å². The highest BCUT2D eigenvalue weighted by Gasteiger charge is 2.19. The molecule has 2 aromatic carbocycles. The van der Waals surface area contributed by atoms with Gasteiger partial charge in [-0.15, -0.1) is 11.3 Å². The number of aromatic hydroxyl groups is 1. The van der Waals surface area contributed by atoms with Gasteiger partial charge in [0.25, 0.3) is 5.56 Å².